The second kappa shape index (κ2) is 5.89. The minimum atomic E-state index is -3.67. The number of aromatic nitrogens is 2. The van der Waals surface area contributed by atoms with Gasteiger partial charge in [-0.2, -0.15) is 5.10 Å². The Hall–Kier alpha value is -1.86. The van der Waals surface area contributed by atoms with Crippen molar-refractivity contribution in [2.24, 2.45) is 0 Å². The maximum Gasteiger partial charge on any atom is 0.267 e. The average molecular weight is 349 g/mol. The van der Waals surface area contributed by atoms with E-state index in [1.54, 1.807) is 16.9 Å². The summed E-state index contributed by atoms with van der Waals surface area (Å²) >= 11 is 0. The first-order chi connectivity index (χ1) is 11.2. The molecule has 24 heavy (non-hydrogen) atoms. The molecule has 0 fully saturated rings. The summed E-state index contributed by atoms with van der Waals surface area (Å²) in [4.78, 5) is 0.194. The molecule has 1 aliphatic rings. The van der Waals surface area contributed by atoms with Gasteiger partial charge in [-0.05, 0) is 50.8 Å². The first kappa shape index (κ1) is 17.0. The monoisotopic (exact) mass is 349 g/mol. The van der Waals surface area contributed by atoms with E-state index in [0.29, 0.717) is 17.8 Å². The maximum atomic E-state index is 13.1. The zero-order chi connectivity index (χ0) is 17.5. The molecule has 3 rings (SSSR count). The second-order valence-electron chi connectivity index (χ2n) is 7.09. The van der Waals surface area contributed by atoms with Crippen LogP contribution in [-0.4, -0.2) is 29.8 Å². The number of hydrogen-bond acceptors (Lipinski definition) is 4. The van der Waals surface area contributed by atoms with Crippen molar-refractivity contribution in [3.05, 3.63) is 41.7 Å². The van der Waals surface area contributed by atoms with Crippen LogP contribution >= 0.6 is 0 Å². The molecule has 2 aromatic rings. The molecular weight excluding hydrogens is 326 g/mol. The van der Waals surface area contributed by atoms with E-state index in [2.05, 4.69) is 5.10 Å². The van der Waals surface area contributed by atoms with Crippen LogP contribution in [0.3, 0.4) is 0 Å². The van der Waals surface area contributed by atoms with Gasteiger partial charge in [0, 0.05) is 12.7 Å². The molecule has 1 aromatic carbocycles. The number of benzene rings is 1. The molecule has 2 heterocycles. The highest BCUT2D eigenvalue weighted by Gasteiger charge is 2.31. The number of nitrogens with zero attached hydrogens (tertiary/aromatic N) is 3. The molecule has 130 valence electrons. The molecule has 0 bridgehead atoms. The fourth-order valence-electron chi connectivity index (χ4n) is 2.87. The first-order valence-corrected chi connectivity index (χ1v) is 9.48. The Morgan fingerprint density at radius 1 is 1.29 bits per heavy atom. The van der Waals surface area contributed by atoms with Gasteiger partial charge in [0.1, 0.15) is 4.90 Å². The molecule has 0 aliphatic carbocycles. The predicted octanol–water partition coefficient (Wildman–Crippen LogP) is 2.27. The first-order valence-electron chi connectivity index (χ1n) is 8.04. The van der Waals surface area contributed by atoms with Crippen molar-refractivity contribution in [3.63, 3.8) is 0 Å². The van der Waals surface area contributed by atoms with Crippen molar-refractivity contribution in [1.29, 1.82) is 0 Å². The van der Waals surface area contributed by atoms with Gasteiger partial charge in [0.15, 0.2) is 0 Å². The van der Waals surface area contributed by atoms with Gasteiger partial charge in [-0.15, -0.1) is 0 Å². The van der Waals surface area contributed by atoms with Crippen LogP contribution in [0.15, 0.2) is 35.5 Å². The zero-order valence-corrected chi connectivity index (χ0v) is 15.0. The van der Waals surface area contributed by atoms with Crippen LogP contribution in [0, 0.1) is 0 Å². The van der Waals surface area contributed by atoms with Crippen LogP contribution in [0.25, 0.3) is 0 Å². The molecule has 1 aromatic heterocycles. The molecule has 1 N–H and O–H groups in total. The third kappa shape index (κ3) is 2.93. The molecule has 0 atom stereocenters. The third-order valence-electron chi connectivity index (χ3n) is 4.24. The summed E-state index contributed by atoms with van der Waals surface area (Å²) in [6, 6.07) is 5.51. The number of aliphatic hydroxyl groups is 1. The van der Waals surface area contributed by atoms with Gasteiger partial charge in [-0.25, -0.2) is 8.42 Å². The molecule has 1 aliphatic heterocycles. The fourth-order valence-corrected chi connectivity index (χ4v) is 4.33. The molecular formula is C17H23N3O3S. The van der Waals surface area contributed by atoms with E-state index in [4.69, 9.17) is 0 Å². The minimum Gasteiger partial charge on any atom is -0.392 e. The minimum absolute atomic E-state index is 0.108. The van der Waals surface area contributed by atoms with E-state index in [9.17, 15) is 13.5 Å². The highest BCUT2D eigenvalue weighted by atomic mass is 32.2. The summed E-state index contributed by atoms with van der Waals surface area (Å²) in [6.45, 7) is 6.24. The molecule has 6 nitrogen and oxygen atoms in total. The van der Waals surface area contributed by atoms with Gasteiger partial charge >= 0.3 is 0 Å². The second-order valence-corrected chi connectivity index (χ2v) is 8.96. The Kier molecular flexibility index (Phi) is 4.17. The van der Waals surface area contributed by atoms with Crippen molar-refractivity contribution in [1.82, 2.24) is 9.78 Å². The van der Waals surface area contributed by atoms with E-state index in [-0.39, 0.29) is 17.0 Å². The van der Waals surface area contributed by atoms with Crippen LogP contribution in [0.4, 0.5) is 5.69 Å². The highest BCUT2D eigenvalue weighted by molar-refractivity contribution is 7.92. The van der Waals surface area contributed by atoms with E-state index in [1.807, 2.05) is 32.9 Å². The number of hydrogen-bond donors (Lipinski definition) is 1. The largest absolute Gasteiger partial charge is 0.392 e. The van der Waals surface area contributed by atoms with Crippen molar-refractivity contribution >= 4 is 15.7 Å². The fraction of sp³-hybridized carbons (Fsp3) is 0.471. The topological polar surface area (TPSA) is 75.4 Å². The summed E-state index contributed by atoms with van der Waals surface area (Å²) in [6.07, 6.45) is 4.61. The predicted molar refractivity (Wildman–Crippen MR) is 92.4 cm³/mol. The van der Waals surface area contributed by atoms with Gasteiger partial charge in [0.2, 0.25) is 0 Å². The lowest BCUT2D eigenvalue weighted by molar-refractivity contribution is 0.282. The molecule has 0 unspecified atom stereocenters. The number of sulfonamides is 1. The van der Waals surface area contributed by atoms with Crippen molar-refractivity contribution in [3.8, 4) is 0 Å². The number of fused-ring (bicyclic) bond motifs is 1. The number of anilines is 1. The summed E-state index contributed by atoms with van der Waals surface area (Å²) < 4.78 is 29.3. The number of aliphatic hydroxyl groups excluding tert-OH is 1. The van der Waals surface area contributed by atoms with Gasteiger partial charge in [-0.1, -0.05) is 12.1 Å². The molecule has 0 saturated carbocycles. The van der Waals surface area contributed by atoms with E-state index >= 15 is 0 Å². The average Bonchev–Trinajstić information content (AvgIpc) is 3.04. The van der Waals surface area contributed by atoms with Gasteiger partial charge in [0.25, 0.3) is 10.0 Å². The summed E-state index contributed by atoms with van der Waals surface area (Å²) in [5.41, 5.74) is 2.08. The maximum absolute atomic E-state index is 13.1. The Balaban J connectivity index is 2.04. The lowest BCUT2D eigenvalue weighted by atomic mass is 10.0. The van der Waals surface area contributed by atoms with Crippen molar-refractivity contribution in [2.45, 2.75) is 50.7 Å². The van der Waals surface area contributed by atoms with Crippen LogP contribution in [0.5, 0.6) is 0 Å². The van der Waals surface area contributed by atoms with Crippen molar-refractivity contribution in [2.75, 3.05) is 10.8 Å². The lowest BCUT2D eigenvalue weighted by Gasteiger charge is -2.30. The number of aryl methyl sites for hydroxylation is 1. The normalized spacial score (nSPS) is 15.4. The Bertz CT molecular complexity index is 850. The number of rotatable bonds is 3. The summed E-state index contributed by atoms with van der Waals surface area (Å²) in [5.74, 6) is 0. The summed E-state index contributed by atoms with van der Waals surface area (Å²) in [7, 11) is -3.67. The van der Waals surface area contributed by atoms with E-state index in [0.717, 1.165) is 18.4 Å². The zero-order valence-electron chi connectivity index (χ0n) is 14.2. The summed E-state index contributed by atoms with van der Waals surface area (Å²) in [5, 5.41) is 13.6. The van der Waals surface area contributed by atoms with Crippen LogP contribution in [0.1, 0.15) is 38.3 Å². The molecule has 0 amide bonds. The van der Waals surface area contributed by atoms with E-state index in [1.165, 1.54) is 10.5 Å². The van der Waals surface area contributed by atoms with Crippen LogP contribution < -0.4 is 4.31 Å². The highest BCUT2D eigenvalue weighted by Crippen LogP contribution is 2.33. The Labute approximate surface area is 142 Å². The third-order valence-corrected chi connectivity index (χ3v) is 6.01. The van der Waals surface area contributed by atoms with Gasteiger partial charge < -0.3 is 5.11 Å². The molecule has 0 saturated heterocycles. The lowest BCUT2D eigenvalue weighted by Crippen LogP contribution is -2.35. The van der Waals surface area contributed by atoms with Gasteiger partial charge in [0.05, 0.1) is 24.0 Å². The Morgan fingerprint density at radius 2 is 2.04 bits per heavy atom. The molecule has 7 heteroatoms. The van der Waals surface area contributed by atoms with E-state index < -0.39 is 10.0 Å². The van der Waals surface area contributed by atoms with Gasteiger partial charge in [-0.3, -0.25) is 8.99 Å². The van der Waals surface area contributed by atoms with Crippen LogP contribution in [0.2, 0.25) is 0 Å². The quantitative estimate of drug-likeness (QED) is 0.922. The van der Waals surface area contributed by atoms with Crippen LogP contribution in [-0.2, 0) is 28.6 Å². The standard InChI is InChI=1S/C17H23N3O3S/c1-17(2,3)20-11-15(10-18-20)24(22,23)19-8-4-5-14-7-6-13(12-21)9-16(14)19/h6-7,9-11,21H,4-5,8,12H2,1-3H3. The van der Waals surface area contributed by atoms with Crippen molar-refractivity contribution < 1.29 is 13.5 Å². The Morgan fingerprint density at radius 3 is 2.67 bits per heavy atom. The SMILES string of the molecule is CC(C)(C)n1cc(S(=O)(=O)N2CCCc3ccc(CO)cc32)cn1. The molecule has 0 spiro atoms. The smallest absolute Gasteiger partial charge is 0.267 e. The molecule has 0 radical (unpaired) electrons.